The summed E-state index contributed by atoms with van der Waals surface area (Å²) in [7, 11) is 0. The van der Waals surface area contributed by atoms with E-state index < -0.39 is 0 Å². The highest BCUT2D eigenvalue weighted by atomic mass is 32.2. The summed E-state index contributed by atoms with van der Waals surface area (Å²) in [5, 5.41) is 0. The van der Waals surface area contributed by atoms with Gasteiger partial charge in [0.15, 0.2) is 0 Å². The van der Waals surface area contributed by atoms with Gasteiger partial charge in [-0.25, -0.2) is 0 Å². The third-order valence-electron chi connectivity index (χ3n) is 3.95. The quantitative estimate of drug-likeness (QED) is 0.725. The molecule has 0 bridgehead atoms. The Labute approximate surface area is 116 Å². The average molecular weight is 263 g/mol. The second-order valence-electron chi connectivity index (χ2n) is 5.99. The lowest BCUT2D eigenvalue weighted by atomic mass is 9.80. The highest BCUT2D eigenvalue weighted by Gasteiger charge is 2.24. The summed E-state index contributed by atoms with van der Waals surface area (Å²) in [6, 6.07) is 0. The number of aromatic nitrogens is 1. The fourth-order valence-corrected chi connectivity index (χ4v) is 4.03. The van der Waals surface area contributed by atoms with Crippen LogP contribution in [0.25, 0.3) is 0 Å². The molecule has 1 aromatic rings. The highest BCUT2D eigenvalue weighted by Crippen LogP contribution is 2.42. The molecule has 0 saturated heterocycles. The minimum absolute atomic E-state index is 0.578. The summed E-state index contributed by atoms with van der Waals surface area (Å²) in [4.78, 5) is 5.91. The zero-order valence-electron chi connectivity index (χ0n) is 12.1. The third-order valence-corrected chi connectivity index (χ3v) is 5.08. The smallest absolute Gasteiger partial charge is 0.0407 e. The molecule has 0 aliphatic carbocycles. The van der Waals surface area contributed by atoms with Crippen LogP contribution in [0.5, 0.6) is 0 Å². The Morgan fingerprint density at radius 1 is 1.17 bits per heavy atom. The summed E-state index contributed by atoms with van der Waals surface area (Å²) in [5.41, 5.74) is 3.08. The van der Waals surface area contributed by atoms with Gasteiger partial charge in [-0.3, -0.25) is 4.98 Å². The molecule has 0 amide bonds. The molecule has 100 valence electrons. The lowest BCUT2D eigenvalue weighted by Gasteiger charge is -2.29. The molecular formula is C16H25NS. The van der Waals surface area contributed by atoms with Crippen molar-refractivity contribution in [1.29, 1.82) is 0 Å². The van der Waals surface area contributed by atoms with E-state index >= 15 is 0 Å². The first-order chi connectivity index (χ1) is 8.61. The molecule has 1 aliphatic rings. The number of nitrogens with zero attached hydrogens (tertiary/aromatic N) is 1. The first-order valence-electron chi connectivity index (χ1n) is 7.21. The summed E-state index contributed by atoms with van der Waals surface area (Å²) < 4.78 is 0. The highest BCUT2D eigenvalue weighted by molar-refractivity contribution is 7.99. The number of hydrogen-bond acceptors (Lipinski definition) is 2. The van der Waals surface area contributed by atoms with Gasteiger partial charge >= 0.3 is 0 Å². The molecule has 2 rings (SSSR count). The van der Waals surface area contributed by atoms with Gasteiger partial charge in [-0.2, -0.15) is 0 Å². The SMILES string of the molecule is CC(C)c1cncc2c1C(C(C)C)CCCCS2. The van der Waals surface area contributed by atoms with Crippen molar-refractivity contribution >= 4 is 11.8 Å². The van der Waals surface area contributed by atoms with E-state index in [1.165, 1.54) is 35.5 Å². The van der Waals surface area contributed by atoms with Gasteiger partial charge in [-0.1, -0.05) is 34.1 Å². The predicted molar refractivity (Wildman–Crippen MR) is 80.5 cm³/mol. The third kappa shape index (κ3) is 2.90. The molecule has 1 aromatic heterocycles. The second-order valence-corrected chi connectivity index (χ2v) is 7.13. The molecule has 0 N–H and O–H groups in total. The fourth-order valence-electron chi connectivity index (χ4n) is 2.90. The van der Waals surface area contributed by atoms with Crippen LogP contribution in [0.1, 0.15) is 69.9 Å². The first kappa shape index (κ1) is 13.9. The molecule has 1 unspecified atom stereocenters. The van der Waals surface area contributed by atoms with E-state index in [4.69, 9.17) is 0 Å². The Balaban J connectivity index is 2.51. The lowest BCUT2D eigenvalue weighted by molar-refractivity contribution is 0.441. The van der Waals surface area contributed by atoms with Gasteiger partial charge in [0.05, 0.1) is 0 Å². The number of rotatable bonds is 2. The lowest BCUT2D eigenvalue weighted by Crippen LogP contribution is -2.14. The van der Waals surface area contributed by atoms with Crippen LogP contribution in [-0.4, -0.2) is 10.7 Å². The molecule has 0 aromatic carbocycles. The standard InChI is InChI=1S/C16H25NS/c1-11(2)13-7-5-6-8-18-15-10-17-9-14(12(3)4)16(13)15/h9-13H,5-8H2,1-4H3. The molecule has 2 heterocycles. The molecule has 2 heteroatoms. The van der Waals surface area contributed by atoms with Crippen LogP contribution in [0.3, 0.4) is 0 Å². The molecule has 0 radical (unpaired) electrons. The molecule has 0 spiro atoms. The molecule has 1 aliphatic heterocycles. The number of fused-ring (bicyclic) bond motifs is 1. The van der Waals surface area contributed by atoms with E-state index in [-0.39, 0.29) is 0 Å². The van der Waals surface area contributed by atoms with Gasteiger partial charge in [0.25, 0.3) is 0 Å². The maximum absolute atomic E-state index is 4.46. The van der Waals surface area contributed by atoms with Crippen LogP contribution in [-0.2, 0) is 0 Å². The maximum Gasteiger partial charge on any atom is 0.0407 e. The summed E-state index contributed by atoms with van der Waals surface area (Å²) in [6.07, 6.45) is 8.25. The zero-order chi connectivity index (χ0) is 13.1. The largest absolute Gasteiger partial charge is 0.263 e. The van der Waals surface area contributed by atoms with Gasteiger partial charge in [-0.05, 0) is 47.5 Å². The van der Waals surface area contributed by atoms with Crippen LogP contribution < -0.4 is 0 Å². The van der Waals surface area contributed by atoms with Gasteiger partial charge in [0, 0.05) is 17.3 Å². The maximum atomic E-state index is 4.46. The van der Waals surface area contributed by atoms with Crippen LogP contribution >= 0.6 is 11.8 Å². The summed E-state index contributed by atoms with van der Waals surface area (Å²) >= 11 is 2.01. The van der Waals surface area contributed by atoms with Gasteiger partial charge in [0.2, 0.25) is 0 Å². The van der Waals surface area contributed by atoms with Crippen molar-refractivity contribution in [3.05, 3.63) is 23.5 Å². The van der Waals surface area contributed by atoms with E-state index in [1.807, 2.05) is 11.8 Å². The topological polar surface area (TPSA) is 12.9 Å². The van der Waals surface area contributed by atoms with E-state index in [1.54, 1.807) is 5.56 Å². The van der Waals surface area contributed by atoms with Crippen molar-refractivity contribution in [2.75, 3.05) is 5.75 Å². The van der Waals surface area contributed by atoms with Crippen molar-refractivity contribution < 1.29 is 0 Å². The Morgan fingerprint density at radius 2 is 1.94 bits per heavy atom. The van der Waals surface area contributed by atoms with Crippen molar-refractivity contribution in [3.63, 3.8) is 0 Å². The number of hydrogen-bond donors (Lipinski definition) is 0. The summed E-state index contributed by atoms with van der Waals surface area (Å²) in [5.74, 6) is 3.27. The summed E-state index contributed by atoms with van der Waals surface area (Å²) in [6.45, 7) is 9.31. The van der Waals surface area contributed by atoms with Crippen molar-refractivity contribution in [1.82, 2.24) is 4.98 Å². The van der Waals surface area contributed by atoms with Crippen LogP contribution in [0.15, 0.2) is 17.3 Å². The number of thioether (sulfide) groups is 1. The fraction of sp³-hybridized carbons (Fsp3) is 0.688. The molecule has 0 saturated carbocycles. The van der Waals surface area contributed by atoms with E-state index in [2.05, 4.69) is 45.1 Å². The Morgan fingerprint density at radius 3 is 2.61 bits per heavy atom. The second kappa shape index (κ2) is 6.10. The average Bonchev–Trinajstić information content (AvgIpc) is 2.28. The monoisotopic (exact) mass is 263 g/mol. The zero-order valence-corrected chi connectivity index (χ0v) is 12.9. The first-order valence-corrected chi connectivity index (χ1v) is 8.20. The van der Waals surface area contributed by atoms with E-state index in [9.17, 15) is 0 Å². The van der Waals surface area contributed by atoms with Crippen LogP contribution in [0.2, 0.25) is 0 Å². The van der Waals surface area contributed by atoms with Crippen molar-refractivity contribution in [3.8, 4) is 0 Å². The van der Waals surface area contributed by atoms with Crippen LogP contribution in [0.4, 0.5) is 0 Å². The molecule has 1 atom stereocenters. The molecule has 1 nitrogen and oxygen atoms in total. The van der Waals surface area contributed by atoms with Gasteiger partial charge < -0.3 is 0 Å². The Bertz CT molecular complexity index is 398. The van der Waals surface area contributed by atoms with Gasteiger partial charge in [-0.15, -0.1) is 11.8 Å². The van der Waals surface area contributed by atoms with Crippen molar-refractivity contribution in [2.45, 2.75) is 63.7 Å². The van der Waals surface area contributed by atoms with Crippen molar-refractivity contribution in [2.24, 2.45) is 5.92 Å². The van der Waals surface area contributed by atoms with Crippen LogP contribution in [0, 0.1) is 5.92 Å². The Kier molecular flexibility index (Phi) is 4.71. The Hall–Kier alpha value is -0.500. The van der Waals surface area contributed by atoms with E-state index in [0.717, 1.165) is 5.92 Å². The minimum atomic E-state index is 0.578. The number of pyridine rings is 1. The normalized spacial score (nSPS) is 20.7. The van der Waals surface area contributed by atoms with Gasteiger partial charge in [0.1, 0.15) is 0 Å². The molecule has 18 heavy (non-hydrogen) atoms. The van der Waals surface area contributed by atoms with E-state index in [0.29, 0.717) is 11.8 Å². The molecule has 0 fully saturated rings. The molecular weight excluding hydrogens is 238 g/mol. The predicted octanol–water partition coefficient (Wildman–Crippen LogP) is 5.22. The minimum Gasteiger partial charge on any atom is -0.263 e.